The first-order chi connectivity index (χ1) is 7.98. The van der Waals surface area contributed by atoms with Gasteiger partial charge in [0.1, 0.15) is 11.2 Å². The van der Waals surface area contributed by atoms with Gasteiger partial charge in [-0.25, -0.2) is 4.39 Å². The van der Waals surface area contributed by atoms with Gasteiger partial charge in [-0.05, 0) is 41.5 Å². The molecule has 0 saturated heterocycles. The highest BCUT2D eigenvalue weighted by Gasteiger charge is 2.20. The van der Waals surface area contributed by atoms with Gasteiger partial charge in [-0.1, -0.05) is 0 Å². The molecule has 0 fully saturated rings. The molecule has 1 aromatic carbocycles. The largest absolute Gasteiger partial charge is 0.504 e. The molecule has 102 valence electrons. The highest BCUT2D eigenvalue weighted by molar-refractivity contribution is 5.46. The summed E-state index contributed by atoms with van der Waals surface area (Å²) in [5, 5.41) is 9.66. The van der Waals surface area contributed by atoms with Crippen molar-refractivity contribution in [3.8, 4) is 17.2 Å². The maximum atomic E-state index is 13.7. The van der Waals surface area contributed by atoms with E-state index in [0.717, 1.165) is 6.07 Å². The fraction of sp³-hybridized carbons (Fsp3) is 0.571. The topological polar surface area (TPSA) is 38.7 Å². The normalized spacial score (nSPS) is 12.4. The third kappa shape index (κ3) is 4.43. The lowest BCUT2D eigenvalue weighted by molar-refractivity contribution is 0.113. The van der Waals surface area contributed by atoms with Crippen LogP contribution in [0.5, 0.6) is 17.2 Å². The van der Waals surface area contributed by atoms with Gasteiger partial charge in [0.05, 0.1) is 0 Å². The molecule has 0 atom stereocenters. The molecule has 1 rings (SSSR count). The van der Waals surface area contributed by atoms with Crippen LogP contribution >= 0.6 is 0 Å². The van der Waals surface area contributed by atoms with E-state index in [1.807, 2.05) is 41.5 Å². The summed E-state index contributed by atoms with van der Waals surface area (Å²) in [5.41, 5.74) is -0.995. The molecule has 0 aliphatic rings. The standard InChI is InChI=1S/C14H21FO3/c1-13(2,3)17-11-8-12(18-14(4,5)6)10(16)7-9(11)15/h7-8,16H,1-6H3. The van der Waals surface area contributed by atoms with E-state index in [-0.39, 0.29) is 17.2 Å². The number of aromatic hydroxyl groups is 1. The van der Waals surface area contributed by atoms with Gasteiger partial charge < -0.3 is 14.6 Å². The van der Waals surface area contributed by atoms with Crippen LogP contribution in [0.3, 0.4) is 0 Å². The number of hydrogen-bond donors (Lipinski definition) is 1. The first kappa shape index (κ1) is 14.6. The molecule has 0 amide bonds. The van der Waals surface area contributed by atoms with Gasteiger partial charge >= 0.3 is 0 Å². The third-order valence-corrected chi connectivity index (χ3v) is 1.85. The minimum atomic E-state index is -0.608. The number of phenolic OH excluding ortho intramolecular Hbond substituents is 1. The molecule has 4 heteroatoms. The van der Waals surface area contributed by atoms with Crippen molar-refractivity contribution in [3.05, 3.63) is 17.9 Å². The Morgan fingerprint density at radius 1 is 0.889 bits per heavy atom. The number of hydrogen-bond acceptors (Lipinski definition) is 3. The minimum Gasteiger partial charge on any atom is -0.504 e. The summed E-state index contributed by atoms with van der Waals surface area (Å²) in [4.78, 5) is 0. The summed E-state index contributed by atoms with van der Waals surface area (Å²) in [5.74, 6) is -0.560. The molecule has 0 radical (unpaired) electrons. The van der Waals surface area contributed by atoms with Crippen molar-refractivity contribution < 1.29 is 19.0 Å². The molecule has 0 aliphatic heterocycles. The fourth-order valence-corrected chi connectivity index (χ4v) is 1.34. The zero-order valence-electron chi connectivity index (χ0n) is 11.8. The van der Waals surface area contributed by atoms with Crippen molar-refractivity contribution in [2.24, 2.45) is 0 Å². The second kappa shape index (κ2) is 4.67. The van der Waals surface area contributed by atoms with Gasteiger partial charge in [0, 0.05) is 12.1 Å². The van der Waals surface area contributed by atoms with Crippen molar-refractivity contribution in [1.29, 1.82) is 0 Å². The number of halogens is 1. The van der Waals surface area contributed by atoms with Crippen LogP contribution in [0.25, 0.3) is 0 Å². The van der Waals surface area contributed by atoms with Gasteiger partial charge in [0.25, 0.3) is 0 Å². The van der Waals surface area contributed by atoms with E-state index in [1.165, 1.54) is 6.07 Å². The second-order valence-corrected chi connectivity index (χ2v) is 6.18. The van der Waals surface area contributed by atoms with E-state index in [4.69, 9.17) is 9.47 Å². The summed E-state index contributed by atoms with van der Waals surface area (Å²) in [7, 11) is 0. The molecule has 0 spiro atoms. The summed E-state index contributed by atoms with van der Waals surface area (Å²) in [6.07, 6.45) is 0. The van der Waals surface area contributed by atoms with Crippen LogP contribution in [-0.4, -0.2) is 16.3 Å². The van der Waals surface area contributed by atoms with E-state index in [0.29, 0.717) is 0 Å². The van der Waals surface area contributed by atoms with Crippen molar-refractivity contribution >= 4 is 0 Å². The number of phenols is 1. The molecular formula is C14H21FO3. The molecule has 0 heterocycles. The van der Waals surface area contributed by atoms with Crippen molar-refractivity contribution in [3.63, 3.8) is 0 Å². The third-order valence-electron chi connectivity index (χ3n) is 1.85. The quantitative estimate of drug-likeness (QED) is 0.872. The van der Waals surface area contributed by atoms with Crippen molar-refractivity contribution in [2.45, 2.75) is 52.7 Å². The van der Waals surface area contributed by atoms with Crippen LogP contribution in [-0.2, 0) is 0 Å². The molecule has 0 aromatic heterocycles. The average Bonchev–Trinajstić information content (AvgIpc) is 2.08. The number of ether oxygens (including phenoxy) is 2. The second-order valence-electron chi connectivity index (χ2n) is 6.18. The zero-order chi connectivity index (χ0) is 14.1. The smallest absolute Gasteiger partial charge is 0.169 e. The molecule has 3 nitrogen and oxygen atoms in total. The van der Waals surface area contributed by atoms with Gasteiger partial charge in [-0.2, -0.15) is 0 Å². The predicted molar refractivity (Wildman–Crippen MR) is 68.8 cm³/mol. The summed E-state index contributed by atoms with van der Waals surface area (Å²) < 4.78 is 24.7. The fourth-order valence-electron chi connectivity index (χ4n) is 1.34. The average molecular weight is 256 g/mol. The lowest BCUT2D eigenvalue weighted by atomic mass is 10.1. The SMILES string of the molecule is CC(C)(C)Oc1cc(OC(C)(C)C)c(F)cc1O. The summed E-state index contributed by atoms with van der Waals surface area (Å²) in [6.45, 7) is 11.0. The van der Waals surface area contributed by atoms with Crippen LogP contribution in [0, 0.1) is 5.82 Å². The monoisotopic (exact) mass is 256 g/mol. The van der Waals surface area contributed by atoms with Crippen LogP contribution in [0.2, 0.25) is 0 Å². The van der Waals surface area contributed by atoms with Gasteiger partial charge in [-0.15, -0.1) is 0 Å². The molecule has 0 bridgehead atoms. The molecule has 0 aliphatic carbocycles. The van der Waals surface area contributed by atoms with Crippen LogP contribution in [0.4, 0.5) is 4.39 Å². The lowest BCUT2D eigenvalue weighted by Crippen LogP contribution is -2.25. The Morgan fingerprint density at radius 2 is 1.33 bits per heavy atom. The summed E-state index contributed by atoms with van der Waals surface area (Å²) >= 11 is 0. The highest BCUT2D eigenvalue weighted by Crippen LogP contribution is 2.36. The molecule has 1 aromatic rings. The Morgan fingerprint density at radius 3 is 1.78 bits per heavy atom. The Kier molecular flexibility index (Phi) is 3.79. The Balaban J connectivity index is 3.10. The predicted octanol–water partition coefficient (Wildman–Crippen LogP) is 3.89. The Bertz CT molecular complexity index is 391. The molecular weight excluding hydrogens is 235 g/mol. The molecule has 18 heavy (non-hydrogen) atoms. The summed E-state index contributed by atoms with van der Waals surface area (Å²) in [6, 6.07) is 2.38. The first-order valence-electron chi connectivity index (χ1n) is 5.88. The molecule has 0 saturated carbocycles. The van der Waals surface area contributed by atoms with E-state index in [2.05, 4.69) is 0 Å². The number of rotatable bonds is 2. The van der Waals surface area contributed by atoms with Crippen LogP contribution in [0.1, 0.15) is 41.5 Å². The van der Waals surface area contributed by atoms with Crippen LogP contribution in [0.15, 0.2) is 12.1 Å². The Labute approximate surface area is 108 Å². The maximum Gasteiger partial charge on any atom is 0.169 e. The zero-order valence-corrected chi connectivity index (χ0v) is 11.8. The van der Waals surface area contributed by atoms with E-state index in [1.54, 1.807) is 0 Å². The number of benzene rings is 1. The minimum absolute atomic E-state index is 0.0690. The van der Waals surface area contributed by atoms with E-state index in [9.17, 15) is 9.50 Å². The van der Waals surface area contributed by atoms with E-state index >= 15 is 0 Å². The van der Waals surface area contributed by atoms with Gasteiger partial charge in [-0.3, -0.25) is 0 Å². The Hall–Kier alpha value is -1.45. The van der Waals surface area contributed by atoms with Gasteiger partial charge in [0.15, 0.2) is 23.1 Å². The van der Waals surface area contributed by atoms with Crippen LogP contribution < -0.4 is 9.47 Å². The first-order valence-corrected chi connectivity index (χ1v) is 5.88. The van der Waals surface area contributed by atoms with E-state index < -0.39 is 17.0 Å². The maximum absolute atomic E-state index is 13.7. The highest BCUT2D eigenvalue weighted by atomic mass is 19.1. The van der Waals surface area contributed by atoms with Crippen molar-refractivity contribution in [1.82, 2.24) is 0 Å². The molecule has 0 unspecified atom stereocenters. The van der Waals surface area contributed by atoms with Crippen molar-refractivity contribution in [2.75, 3.05) is 0 Å². The molecule has 1 N–H and O–H groups in total. The lowest BCUT2D eigenvalue weighted by Gasteiger charge is -2.25. The van der Waals surface area contributed by atoms with Gasteiger partial charge in [0.2, 0.25) is 0 Å².